The van der Waals surface area contributed by atoms with Crippen LogP contribution in [0.2, 0.25) is 0 Å². The van der Waals surface area contributed by atoms with Crippen LogP contribution >= 0.6 is 0 Å². The Morgan fingerprint density at radius 2 is 2.50 bits per heavy atom. The van der Waals surface area contributed by atoms with Crippen molar-refractivity contribution in [3.8, 4) is 0 Å². The standard InChI is InChI=1S/C6H9FN2O/c7-1-2-9-4-6(5-10)3-8-9/h3-4,10H,1-2,5H2. The van der Waals surface area contributed by atoms with E-state index < -0.39 is 6.67 Å². The number of aliphatic hydroxyl groups excluding tert-OH is 1. The number of hydrogen-bond donors (Lipinski definition) is 1. The zero-order chi connectivity index (χ0) is 7.40. The van der Waals surface area contributed by atoms with E-state index in [4.69, 9.17) is 5.11 Å². The van der Waals surface area contributed by atoms with Gasteiger partial charge in [-0.15, -0.1) is 0 Å². The third kappa shape index (κ3) is 1.54. The van der Waals surface area contributed by atoms with Crippen LogP contribution in [0, 0.1) is 0 Å². The summed E-state index contributed by atoms with van der Waals surface area (Å²) in [4.78, 5) is 0. The molecular formula is C6H9FN2O. The molecule has 0 unspecified atom stereocenters. The van der Waals surface area contributed by atoms with Gasteiger partial charge in [0.2, 0.25) is 0 Å². The maximum atomic E-state index is 11.7. The highest BCUT2D eigenvalue weighted by molar-refractivity contribution is 5.01. The number of hydrogen-bond acceptors (Lipinski definition) is 2. The normalized spacial score (nSPS) is 10.2. The molecule has 1 N–H and O–H groups in total. The van der Waals surface area contributed by atoms with E-state index in [9.17, 15) is 4.39 Å². The molecule has 0 bridgehead atoms. The van der Waals surface area contributed by atoms with Gasteiger partial charge in [-0.3, -0.25) is 4.68 Å². The van der Waals surface area contributed by atoms with Crippen molar-refractivity contribution < 1.29 is 9.50 Å². The fraction of sp³-hybridized carbons (Fsp3) is 0.500. The van der Waals surface area contributed by atoms with Crippen molar-refractivity contribution in [3.05, 3.63) is 18.0 Å². The van der Waals surface area contributed by atoms with Crippen LogP contribution in [0.5, 0.6) is 0 Å². The molecule has 0 radical (unpaired) electrons. The number of nitrogens with zero attached hydrogens (tertiary/aromatic N) is 2. The lowest BCUT2D eigenvalue weighted by molar-refractivity contribution is 0.281. The van der Waals surface area contributed by atoms with E-state index in [0.717, 1.165) is 0 Å². The van der Waals surface area contributed by atoms with E-state index in [1.807, 2.05) is 0 Å². The maximum absolute atomic E-state index is 11.7. The average molecular weight is 144 g/mol. The minimum absolute atomic E-state index is 0.0354. The van der Waals surface area contributed by atoms with E-state index in [0.29, 0.717) is 5.56 Å². The molecule has 1 rings (SSSR count). The average Bonchev–Trinajstić information content (AvgIpc) is 2.37. The van der Waals surface area contributed by atoms with Crippen LogP contribution in [0.15, 0.2) is 12.4 Å². The van der Waals surface area contributed by atoms with Gasteiger partial charge in [0.05, 0.1) is 19.3 Å². The van der Waals surface area contributed by atoms with Crippen LogP contribution < -0.4 is 0 Å². The Morgan fingerprint density at radius 3 is 3.00 bits per heavy atom. The lowest BCUT2D eigenvalue weighted by Crippen LogP contribution is -1.98. The van der Waals surface area contributed by atoms with Crippen LogP contribution in [0.4, 0.5) is 4.39 Å². The van der Waals surface area contributed by atoms with Crippen molar-refractivity contribution in [2.75, 3.05) is 6.67 Å². The van der Waals surface area contributed by atoms with E-state index >= 15 is 0 Å². The smallest absolute Gasteiger partial charge is 0.109 e. The monoisotopic (exact) mass is 144 g/mol. The molecule has 1 aromatic rings. The van der Waals surface area contributed by atoms with Crippen molar-refractivity contribution in [3.63, 3.8) is 0 Å². The summed E-state index contributed by atoms with van der Waals surface area (Å²) in [6.45, 7) is -0.196. The second-order valence-corrected chi connectivity index (χ2v) is 1.96. The second kappa shape index (κ2) is 3.31. The highest BCUT2D eigenvalue weighted by Crippen LogP contribution is 1.95. The Balaban J connectivity index is 2.59. The molecule has 0 amide bonds. The number of halogens is 1. The van der Waals surface area contributed by atoms with Gasteiger partial charge < -0.3 is 5.11 Å². The number of aliphatic hydroxyl groups is 1. The summed E-state index contributed by atoms with van der Waals surface area (Å²) in [7, 11) is 0. The van der Waals surface area contributed by atoms with E-state index in [2.05, 4.69) is 5.10 Å². The summed E-state index contributed by atoms with van der Waals surface area (Å²) < 4.78 is 13.1. The van der Waals surface area contributed by atoms with Crippen LogP contribution in [0.3, 0.4) is 0 Å². The third-order valence-corrected chi connectivity index (χ3v) is 1.18. The minimum atomic E-state index is -0.424. The molecule has 56 valence electrons. The molecule has 0 atom stereocenters. The van der Waals surface area contributed by atoms with Crippen LogP contribution in [-0.2, 0) is 13.2 Å². The van der Waals surface area contributed by atoms with Gasteiger partial charge in [-0.2, -0.15) is 5.10 Å². The summed E-state index contributed by atoms with van der Waals surface area (Å²) in [5.41, 5.74) is 0.716. The molecule has 3 nitrogen and oxygen atoms in total. The minimum Gasteiger partial charge on any atom is -0.392 e. The third-order valence-electron chi connectivity index (χ3n) is 1.18. The number of rotatable bonds is 3. The van der Waals surface area contributed by atoms with Gasteiger partial charge in [-0.25, -0.2) is 4.39 Å². The molecule has 0 spiro atoms. The lowest BCUT2D eigenvalue weighted by Gasteiger charge is -1.92. The largest absolute Gasteiger partial charge is 0.392 e. The highest BCUT2D eigenvalue weighted by atomic mass is 19.1. The predicted octanol–water partition coefficient (Wildman–Crippen LogP) is 0.345. The molecule has 0 aliphatic rings. The molecule has 0 aromatic carbocycles. The summed E-state index contributed by atoms with van der Waals surface area (Å²) >= 11 is 0. The van der Waals surface area contributed by atoms with Gasteiger partial charge in [0, 0.05) is 11.8 Å². The SMILES string of the molecule is OCc1cnn(CCF)c1. The van der Waals surface area contributed by atoms with Crippen molar-refractivity contribution in [1.82, 2.24) is 9.78 Å². The Morgan fingerprint density at radius 1 is 1.70 bits per heavy atom. The number of aromatic nitrogens is 2. The zero-order valence-corrected chi connectivity index (χ0v) is 5.50. The van der Waals surface area contributed by atoms with E-state index in [1.54, 1.807) is 6.20 Å². The van der Waals surface area contributed by atoms with Gasteiger partial charge in [0.1, 0.15) is 6.67 Å². The van der Waals surface area contributed by atoms with Crippen molar-refractivity contribution in [1.29, 1.82) is 0 Å². The van der Waals surface area contributed by atoms with Crippen molar-refractivity contribution >= 4 is 0 Å². The van der Waals surface area contributed by atoms with Gasteiger partial charge in [0.15, 0.2) is 0 Å². The van der Waals surface area contributed by atoms with Gasteiger partial charge >= 0.3 is 0 Å². The van der Waals surface area contributed by atoms with Gasteiger partial charge in [0.25, 0.3) is 0 Å². The molecule has 0 saturated carbocycles. The number of alkyl halides is 1. The molecular weight excluding hydrogens is 135 g/mol. The molecule has 0 aliphatic carbocycles. The van der Waals surface area contributed by atoms with Crippen molar-refractivity contribution in [2.45, 2.75) is 13.2 Å². The Bertz CT molecular complexity index is 199. The van der Waals surface area contributed by atoms with Gasteiger partial charge in [-0.05, 0) is 0 Å². The summed E-state index contributed by atoms with van der Waals surface area (Å²) in [5, 5.41) is 12.4. The van der Waals surface area contributed by atoms with Crippen LogP contribution in [0.25, 0.3) is 0 Å². The quantitative estimate of drug-likeness (QED) is 0.664. The van der Waals surface area contributed by atoms with Crippen molar-refractivity contribution in [2.24, 2.45) is 0 Å². The van der Waals surface area contributed by atoms with Gasteiger partial charge in [-0.1, -0.05) is 0 Å². The highest BCUT2D eigenvalue weighted by Gasteiger charge is 1.94. The zero-order valence-electron chi connectivity index (χ0n) is 5.50. The molecule has 10 heavy (non-hydrogen) atoms. The molecule has 0 fully saturated rings. The molecule has 4 heteroatoms. The first-order chi connectivity index (χ1) is 4.86. The van der Waals surface area contributed by atoms with E-state index in [-0.39, 0.29) is 13.2 Å². The Hall–Kier alpha value is -0.900. The first kappa shape index (κ1) is 7.21. The van der Waals surface area contributed by atoms with E-state index in [1.165, 1.54) is 10.9 Å². The molecule has 1 heterocycles. The molecule has 1 aromatic heterocycles. The molecule has 0 aliphatic heterocycles. The summed E-state index contributed by atoms with van der Waals surface area (Å²) in [6, 6.07) is 0. The lowest BCUT2D eigenvalue weighted by atomic mass is 10.4. The Labute approximate surface area is 58.1 Å². The predicted molar refractivity (Wildman–Crippen MR) is 34.1 cm³/mol. The Kier molecular flexibility index (Phi) is 2.39. The summed E-state index contributed by atoms with van der Waals surface area (Å²) in [6.07, 6.45) is 3.15. The summed E-state index contributed by atoms with van der Waals surface area (Å²) in [5.74, 6) is 0. The van der Waals surface area contributed by atoms with Crippen LogP contribution in [0.1, 0.15) is 5.56 Å². The van der Waals surface area contributed by atoms with Crippen LogP contribution in [-0.4, -0.2) is 21.6 Å². The maximum Gasteiger partial charge on any atom is 0.109 e. The number of aryl methyl sites for hydroxylation is 1. The topological polar surface area (TPSA) is 38.1 Å². The first-order valence-corrected chi connectivity index (χ1v) is 3.05. The first-order valence-electron chi connectivity index (χ1n) is 3.05. The molecule has 0 saturated heterocycles. The second-order valence-electron chi connectivity index (χ2n) is 1.96. The fourth-order valence-electron chi connectivity index (χ4n) is 0.697. The fourth-order valence-corrected chi connectivity index (χ4v) is 0.697.